The molecular formula is C21H23ClN4O. The molecule has 3 aromatic rings. The predicted octanol–water partition coefficient (Wildman–Crippen LogP) is 4.03. The lowest BCUT2D eigenvalue weighted by atomic mass is 10.0. The second-order valence-corrected chi connectivity index (χ2v) is 7.21. The van der Waals surface area contributed by atoms with Crippen molar-refractivity contribution in [1.82, 2.24) is 20.3 Å². The highest BCUT2D eigenvalue weighted by atomic mass is 35.5. The summed E-state index contributed by atoms with van der Waals surface area (Å²) < 4.78 is 5.49. The first kappa shape index (κ1) is 18.2. The molecule has 1 saturated heterocycles. The van der Waals surface area contributed by atoms with Gasteiger partial charge in [0.15, 0.2) is 0 Å². The quantitative estimate of drug-likeness (QED) is 0.699. The van der Waals surface area contributed by atoms with E-state index in [9.17, 15) is 0 Å². The van der Waals surface area contributed by atoms with Crippen LogP contribution in [-0.4, -0.2) is 40.8 Å². The molecule has 1 aliphatic rings. The van der Waals surface area contributed by atoms with Crippen molar-refractivity contribution in [3.05, 3.63) is 59.8 Å². The number of nitrogens with zero attached hydrogens (tertiary/aromatic N) is 3. The molecule has 0 aliphatic carbocycles. The molecule has 0 bridgehead atoms. The molecule has 1 aromatic heterocycles. The van der Waals surface area contributed by atoms with Crippen LogP contribution < -0.4 is 5.32 Å². The first-order valence-corrected chi connectivity index (χ1v) is 9.73. The van der Waals surface area contributed by atoms with Crippen molar-refractivity contribution in [2.24, 2.45) is 0 Å². The molecule has 2 aromatic carbocycles. The maximum absolute atomic E-state index is 5.96. The lowest BCUT2D eigenvalue weighted by Crippen LogP contribution is -2.41. The number of hydrogen-bond donors (Lipinski definition) is 1. The topological polar surface area (TPSA) is 52.0 Å². The standard InChI is InChI=1S/C21H23ClN4O/c22-19-9-7-17(8-10-19)16-3-5-18(6-4-16)21-14-24-26(25-21)12-1-2-20-15-27-13-11-23-20/h3-10,14,20,23H,1-2,11-13,15H2. The van der Waals surface area contributed by atoms with E-state index in [4.69, 9.17) is 16.3 Å². The molecule has 5 nitrogen and oxygen atoms in total. The molecule has 0 spiro atoms. The summed E-state index contributed by atoms with van der Waals surface area (Å²) in [5.74, 6) is 0. The van der Waals surface area contributed by atoms with Gasteiger partial charge in [-0.25, -0.2) is 0 Å². The van der Waals surface area contributed by atoms with Gasteiger partial charge in [0.2, 0.25) is 0 Å². The summed E-state index contributed by atoms with van der Waals surface area (Å²) in [5, 5.41) is 13.2. The molecule has 0 saturated carbocycles. The maximum atomic E-state index is 5.96. The third-order valence-electron chi connectivity index (χ3n) is 4.80. The number of benzene rings is 2. The molecule has 140 valence electrons. The van der Waals surface area contributed by atoms with Crippen LogP contribution in [0.3, 0.4) is 0 Å². The van der Waals surface area contributed by atoms with Crippen molar-refractivity contribution in [3.63, 3.8) is 0 Å². The SMILES string of the molecule is Clc1ccc(-c2ccc(-c3cnn(CCCC4COCCN4)n3)cc2)cc1. The van der Waals surface area contributed by atoms with Crippen molar-refractivity contribution in [2.45, 2.75) is 25.4 Å². The Morgan fingerprint density at radius 1 is 1.04 bits per heavy atom. The van der Waals surface area contributed by atoms with Crippen LogP contribution in [0.2, 0.25) is 5.02 Å². The number of aryl methyl sites for hydroxylation is 1. The Kier molecular flexibility index (Phi) is 5.82. The number of rotatable bonds is 6. The molecule has 0 amide bonds. The maximum Gasteiger partial charge on any atom is 0.113 e. The number of ether oxygens (including phenoxy) is 1. The van der Waals surface area contributed by atoms with E-state index in [-0.39, 0.29) is 0 Å². The molecule has 1 atom stereocenters. The van der Waals surface area contributed by atoms with Crippen molar-refractivity contribution in [3.8, 4) is 22.4 Å². The number of aromatic nitrogens is 3. The van der Waals surface area contributed by atoms with Crippen LogP contribution in [0, 0.1) is 0 Å². The largest absolute Gasteiger partial charge is 0.379 e. The monoisotopic (exact) mass is 382 g/mol. The highest BCUT2D eigenvalue weighted by molar-refractivity contribution is 6.30. The molecular weight excluding hydrogens is 360 g/mol. The van der Waals surface area contributed by atoms with Gasteiger partial charge in [-0.1, -0.05) is 48.0 Å². The number of morpholine rings is 1. The summed E-state index contributed by atoms with van der Waals surface area (Å²) in [6.45, 7) is 3.39. The Hall–Kier alpha value is -2.21. The zero-order chi connectivity index (χ0) is 18.5. The minimum atomic E-state index is 0.453. The van der Waals surface area contributed by atoms with Gasteiger partial charge in [0.25, 0.3) is 0 Å². The van der Waals surface area contributed by atoms with Gasteiger partial charge in [-0.3, -0.25) is 0 Å². The average Bonchev–Trinajstić information content (AvgIpc) is 3.19. The number of hydrogen-bond acceptors (Lipinski definition) is 4. The first-order chi connectivity index (χ1) is 13.3. The second-order valence-electron chi connectivity index (χ2n) is 6.78. The van der Waals surface area contributed by atoms with Crippen molar-refractivity contribution >= 4 is 11.6 Å². The van der Waals surface area contributed by atoms with E-state index in [1.165, 1.54) is 0 Å². The van der Waals surface area contributed by atoms with E-state index in [0.717, 1.165) is 66.6 Å². The van der Waals surface area contributed by atoms with Gasteiger partial charge >= 0.3 is 0 Å². The third-order valence-corrected chi connectivity index (χ3v) is 5.06. The molecule has 4 rings (SSSR count). The van der Waals surface area contributed by atoms with Gasteiger partial charge in [0.1, 0.15) is 5.69 Å². The third kappa shape index (κ3) is 4.75. The molecule has 1 fully saturated rings. The molecule has 2 heterocycles. The van der Waals surface area contributed by atoms with Gasteiger partial charge < -0.3 is 10.1 Å². The van der Waals surface area contributed by atoms with Gasteiger partial charge in [-0.05, 0) is 36.1 Å². The van der Waals surface area contributed by atoms with E-state index in [2.05, 4.69) is 39.8 Å². The van der Waals surface area contributed by atoms with Crippen LogP contribution in [0.15, 0.2) is 54.7 Å². The Morgan fingerprint density at radius 2 is 1.74 bits per heavy atom. The fourth-order valence-electron chi connectivity index (χ4n) is 3.30. The van der Waals surface area contributed by atoms with E-state index < -0.39 is 0 Å². The van der Waals surface area contributed by atoms with Crippen LogP contribution >= 0.6 is 11.6 Å². The van der Waals surface area contributed by atoms with Gasteiger partial charge in [0, 0.05) is 23.2 Å². The van der Waals surface area contributed by atoms with Crippen molar-refractivity contribution in [2.75, 3.05) is 19.8 Å². The van der Waals surface area contributed by atoms with Gasteiger partial charge in [-0.2, -0.15) is 15.0 Å². The minimum absolute atomic E-state index is 0.453. The Balaban J connectivity index is 1.35. The summed E-state index contributed by atoms with van der Waals surface area (Å²) in [5.41, 5.74) is 4.28. The normalized spacial score (nSPS) is 17.1. The Morgan fingerprint density at radius 3 is 2.44 bits per heavy atom. The fourth-order valence-corrected chi connectivity index (χ4v) is 3.42. The van der Waals surface area contributed by atoms with Crippen molar-refractivity contribution < 1.29 is 4.74 Å². The lowest BCUT2D eigenvalue weighted by Gasteiger charge is -2.23. The number of halogens is 1. The minimum Gasteiger partial charge on any atom is -0.379 e. The smallest absolute Gasteiger partial charge is 0.113 e. The first-order valence-electron chi connectivity index (χ1n) is 9.35. The van der Waals surface area contributed by atoms with Crippen LogP contribution in [0.1, 0.15) is 12.8 Å². The molecule has 6 heteroatoms. The van der Waals surface area contributed by atoms with Crippen LogP contribution in [0.5, 0.6) is 0 Å². The molecule has 27 heavy (non-hydrogen) atoms. The fraction of sp³-hybridized carbons (Fsp3) is 0.333. The Bertz CT molecular complexity index is 855. The second kappa shape index (κ2) is 8.65. The van der Waals surface area contributed by atoms with Gasteiger partial charge in [0.05, 0.1) is 26.0 Å². The van der Waals surface area contributed by atoms with Crippen LogP contribution in [-0.2, 0) is 11.3 Å². The summed E-state index contributed by atoms with van der Waals surface area (Å²) in [7, 11) is 0. The van der Waals surface area contributed by atoms with E-state index in [0.29, 0.717) is 6.04 Å². The lowest BCUT2D eigenvalue weighted by molar-refractivity contribution is 0.0730. The summed E-state index contributed by atoms with van der Waals surface area (Å²) >= 11 is 5.96. The predicted molar refractivity (Wildman–Crippen MR) is 108 cm³/mol. The van der Waals surface area contributed by atoms with E-state index in [1.54, 1.807) is 4.80 Å². The molecule has 0 radical (unpaired) electrons. The van der Waals surface area contributed by atoms with Crippen molar-refractivity contribution in [1.29, 1.82) is 0 Å². The zero-order valence-electron chi connectivity index (χ0n) is 15.1. The Labute approximate surface area is 164 Å². The summed E-state index contributed by atoms with van der Waals surface area (Å²) in [6.07, 6.45) is 3.94. The van der Waals surface area contributed by atoms with Crippen LogP contribution in [0.4, 0.5) is 0 Å². The molecule has 1 aliphatic heterocycles. The van der Waals surface area contributed by atoms with E-state index in [1.807, 2.05) is 30.5 Å². The molecule has 1 unspecified atom stereocenters. The number of nitrogens with one attached hydrogen (secondary N) is 1. The van der Waals surface area contributed by atoms with Gasteiger partial charge in [-0.15, -0.1) is 0 Å². The zero-order valence-corrected chi connectivity index (χ0v) is 15.9. The average molecular weight is 383 g/mol. The summed E-state index contributed by atoms with van der Waals surface area (Å²) in [4.78, 5) is 1.78. The summed E-state index contributed by atoms with van der Waals surface area (Å²) in [6, 6.07) is 16.7. The highest BCUT2D eigenvalue weighted by Crippen LogP contribution is 2.24. The van der Waals surface area contributed by atoms with Crippen LogP contribution in [0.25, 0.3) is 22.4 Å². The van der Waals surface area contributed by atoms with E-state index >= 15 is 0 Å². The molecule has 1 N–H and O–H groups in total. The highest BCUT2D eigenvalue weighted by Gasteiger charge is 2.12.